The van der Waals surface area contributed by atoms with Crippen LogP contribution < -0.4 is 24.8 Å². The van der Waals surface area contributed by atoms with Gasteiger partial charge in [0.1, 0.15) is 0 Å². The smallest absolute Gasteiger partial charge is 0.203 e. The highest BCUT2D eigenvalue weighted by Gasteiger charge is 2.19. The van der Waals surface area contributed by atoms with E-state index < -0.39 is 0 Å². The number of benzene rings is 2. The number of hydrogen-bond acceptors (Lipinski definition) is 4. The van der Waals surface area contributed by atoms with Crippen LogP contribution in [0.1, 0.15) is 19.4 Å². The van der Waals surface area contributed by atoms with E-state index >= 15 is 0 Å². The average Bonchev–Trinajstić information content (AvgIpc) is 2.70. The maximum Gasteiger partial charge on any atom is 0.203 e. The number of guanidine groups is 1. The molecule has 29 heavy (non-hydrogen) atoms. The van der Waals surface area contributed by atoms with E-state index in [9.17, 15) is 0 Å². The fourth-order valence-electron chi connectivity index (χ4n) is 3.00. The Labute approximate surface area is 191 Å². The van der Waals surface area contributed by atoms with Crippen LogP contribution >= 0.6 is 24.0 Å². The van der Waals surface area contributed by atoms with Crippen LogP contribution in [-0.4, -0.2) is 40.9 Å². The number of ether oxygens (including phenoxy) is 3. The molecular weight excluding hydrogens is 481 g/mol. The molecule has 0 amide bonds. The molecule has 0 saturated carbocycles. The number of halogens is 1. The molecule has 6 nitrogen and oxygen atoms in total. The molecule has 160 valence electrons. The Kier molecular flexibility index (Phi) is 10.1. The molecule has 0 unspecified atom stereocenters. The third-order valence-corrected chi connectivity index (χ3v) is 4.41. The van der Waals surface area contributed by atoms with Gasteiger partial charge in [0.15, 0.2) is 17.5 Å². The lowest BCUT2D eigenvalue weighted by atomic mass is 9.86. The summed E-state index contributed by atoms with van der Waals surface area (Å²) in [5, 5.41) is 6.70. The maximum atomic E-state index is 5.41. The molecule has 2 rings (SSSR count). The first-order valence-corrected chi connectivity index (χ1v) is 9.24. The van der Waals surface area contributed by atoms with Gasteiger partial charge < -0.3 is 24.8 Å². The van der Waals surface area contributed by atoms with Gasteiger partial charge >= 0.3 is 0 Å². The first kappa shape index (κ1) is 24.9. The highest BCUT2D eigenvalue weighted by atomic mass is 127. The lowest BCUT2D eigenvalue weighted by Gasteiger charge is -2.26. The first-order valence-electron chi connectivity index (χ1n) is 9.24. The molecule has 0 fully saturated rings. The molecule has 7 heteroatoms. The Bertz CT molecular complexity index is 770. The Morgan fingerprint density at radius 2 is 1.55 bits per heavy atom. The molecule has 0 aliphatic heterocycles. The molecule has 0 radical (unpaired) electrons. The number of aliphatic imine (C=N–C) groups is 1. The van der Waals surface area contributed by atoms with E-state index in [1.54, 1.807) is 28.4 Å². The zero-order valence-electron chi connectivity index (χ0n) is 18.0. The van der Waals surface area contributed by atoms with Crippen LogP contribution in [0.3, 0.4) is 0 Å². The van der Waals surface area contributed by atoms with Crippen molar-refractivity contribution in [2.45, 2.75) is 20.3 Å². The van der Waals surface area contributed by atoms with E-state index in [0.717, 1.165) is 18.7 Å². The van der Waals surface area contributed by atoms with Gasteiger partial charge in [0.25, 0.3) is 0 Å². The molecule has 0 aliphatic rings. The van der Waals surface area contributed by atoms with E-state index in [-0.39, 0.29) is 29.4 Å². The van der Waals surface area contributed by atoms with Crippen molar-refractivity contribution >= 4 is 35.6 Å². The minimum atomic E-state index is 0. The zero-order chi connectivity index (χ0) is 20.6. The highest BCUT2D eigenvalue weighted by molar-refractivity contribution is 14.0. The summed E-state index contributed by atoms with van der Waals surface area (Å²) in [7, 11) is 6.53. The summed E-state index contributed by atoms with van der Waals surface area (Å²) in [4.78, 5) is 4.33. The number of methoxy groups -OCH3 is 3. The van der Waals surface area contributed by atoms with Gasteiger partial charge in [-0.1, -0.05) is 44.2 Å². The van der Waals surface area contributed by atoms with E-state index in [4.69, 9.17) is 14.2 Å². The van der Waals surface area contributed by atoms with Gasteiger partial charge in [0.2, 0.25) is 5.75 Å². The standard InChI is InChI=1S/C22H31N3O3.HI/c1-22(2,14-16-10-8-7-9-11-16)15-24-21(23-3)25-17-12-18(26-4)20(28-6)19(13-17)27-5;/h7-13H,14-15H2,1-6H3,(H2,23,24,25);1H. The van der Waals surface area contributed by atoms with Gasteiger partial charge in [-0.15, -0.1) is 24.0 Å². The van der Waals surface area contributed by atoms with Gasteiger partial charge in [0, 0.05) is 31.4 Å². The second-order valence-corrected chi connectivity index (χ2v) is 7.29. The minimum absolute atomic E-state index is 0. The van der Waals surface area contributed by atoms with E-state index in [1.165, 1.54) is 5.56 Å². The van der Waals surface area contributed by atoms with Crippen molar-refractivity contribution in [1.82, 2.24) is 5.32 Å². The maximum absolute atomic E-state index is 5.41. The number of hydrogen-bond donors (Lipinski definition) is 2. The van der Waals surface area contributed by atoms with Gasteiger partial charge in [-0.25, -0.2) is 0 Å². The van der Waals surface area contributed by atoms with Crippen LogP contribution in [0.25, 0.3) is 0 Å². The van der Waals surface area contributed by atoms with Crippen LogP contribution in [0, 0.1) is 5.41 Å². The molecule has 0 aliphatic carbocycles. The fraction of sp³-hybridized carbons (Fsp3) is 0.409. The lowest BCUT2D eigenvalue weighted by Crippen LogP contribution is -2.38. The van der Waals surface area contributed by atoms with Crippen LogP contribution in [0.2, 0.25) is 0 Å². The topological polar surface area (TPSA) is 64.1 Å². The molecule has 0 saturated heterocycles. The Hall–Kier alpha value is -2.16. The number of anilines is 1. The van der Waals surface area contributed by atoms with Gasteiger partial charge in [-0.05, 0) is 17.4 Å². The molecule has 0 aromatic heterocycles. The van der Waals surface area contributed by atoms with E-state index in [1.807, 2.05) is 18.2 Å². The third-order valence-electron chi connectivity index (χ3n) is 4.41. The molecule has 0 bridgehead atoms. The fourth-order valence-corrected chi connectivity index (χ4v) is 3.00. The Balaban J connectivity index is 0.00000420. The number of nitrogens with zero attached hydrogens (tertiary/aromatic N) is 1. The van der Waals surface area contributed by atoms with Crippen molar-refractivity contribution in [3.8, 4) is 17.2 Å². The van der Waals surface area contributed by atoms with Crippen molar-refractivity contribution in [3.63, 3.8) is 0 Å². The van der Waals surface area contributed by atoms with Crippen LogP contribution in [-0.2, 0) is 6.42 Å². The van der Waals surface area contributed by atoms with Crippen LogP contribution in [0.15, 0.2) is 47.5 Å². The zero-order valence-corrected chi connectivity index (χ0v) is 20.4. The summed E-state index contributed by atoms with van der Waals surface area (Å²) in [5.74, 6) is 2.41. The molecule has 2 aromatic rings. The van der Waals surface area contributed by atoms with Crippen molar-refractivity contribution in [2.75, 3.05) is 40.2 Å². The van der Waals surface area contributed by atoms with Crippen LogP contribution in [0.4, 0.5) is 5.69 Å². The molecule has 0 heterocycles. The second-order valence-electron chi connectivity index (χ2n) is 7.29. The largest absolute Gasteiger partial charge is 0.493 e. The van der Waals surface area contributed by atoms with Crippen molar-refractivity contribution in [3.05, 3.63) is 48.0 Å². The van der Waals surface area contributed by atoms with Gasteiger partial charge in [-0.3, -0.25) is 4.99 Å². The SMILES string of the molecule is CN=C(NCC(C)(C)Cc1ccccc1)Nc1cc(OC)c(OC)c(OC)c1.I. The first-order chi connectivity index (χ1) is 13.4. The summed E-state index contributed by atoms with van der Waals surface area (Å²) >= 11 is 0. The predicted molar refractivity (Wildman–Crippen MR) is 130 cm³/mol. The average molecular weight is 513 g/mol. The summed E-state index contributed by atoms with van der Waals surface area (Å²) < 4.78 is 16.2. The summed E-state index contributed by atoms with van der Waals surface area (Å²) in [5.41, 5.74) is 2.18. The van der Waals surface area contributed by atoms with Crippen molar-refractivity contribution in [2.24, 2.45) is 10.4 Å². The molecule has 2 aromatic carbocycles. The van der Waals surface area contributed by atoms with Gasteiger partial charge in [-0.2, -0.15) is 0 Å². The molecule has 2 N–H and O–H groups in total. The van der Waals surface area contributed by atoms with Crippen LogP contribution in [0.5, 0.6) is 17.2 Å². The molecule has 0 atom stereocenters. The summed E-state index contributed by atoms with van der Waals surface area (Å²) in [6.45, 7) is 5.24. The summed E-state index contributed by atoms with van der Waals surface area (Å²) in [6.07, 6.45) is 0.974. The Morgan fingerprint density at radius 1 is 0.966 bits per heavy atom. The number of nitrogens with one attached hydrogen (secondary N) is 2. The molecular formula is C22H32IN3O3. The third kappa shape index (κ3) is 7.30. The highest BCUT2D eigenvalue weighted by Crippen LogP contribution is 2.39. The molecule has 0 spiro atoms. The normalized spacial score (nSPS) is 11.3. The van der Waals surface area contributed by atoms with Crippen molar-refractivity contribution < 1.29 is 14.2 Å². The van der Waals surface area contributed by atoms with E-state index in [2.05, 4.69) is 53.7 Å². The lowest BCUT2D eigenvalue weighted by molar-refractivity contribution is 0.324. The monoisotopic (exact) mass is 513 g/mol. The van der Waals surface area contributed by atoms with E-state index in [0.29, 0.717) is 23.2 Å². The second kappa shape index (κ2) is 11.7. The summed E-state index contributed by atoms with van der Waals surface area (Å²) in [6, 6.07) is 14.2. The Morgan fingerprint density at radius 3 is 2.03 bits per heavy atom. The number of rotatable bonds is 8. The predicted octanol–water partition coefficient (Wildman–Crippen LogP) is 4.59. The van der Waals surface area contributed by atoms with Crippen molar-refractivity contribution in [1.29, 1.82) is 0 Å². The quantitative estimate of drug-likeness (QED) is 0.307. The minimum Gasteiger partial charge on any atom is -0.493 e. The van der Waals surface area contributed by atoms with Gasteiger partial charge in [0.05, 0.1) is 21.3 Å².